The number of carbonyl (C=O) groups excluding carboxylic acids is 1. The van der Waals surface area contributed by atoms with Gasteiger partial charge in [0.2, 0.25) is 0 Å². The number of hydrogen-bond donors (Lipinski definition) is 1. The minimum atomic E-state index is -0.138. The number of imidazole rings is 1. The average molecular weight is 235 g/mol. The first-order chi connectivity index (χ1) is 8.18. The highest BCUT2D eigenvalue weighted by atomic mass is 16.1. The van der Waals surface area contributed by atoms with Crippen LogP contribution in [-0.2, 0) is 18.3 Å². The van der Waals surface area contributed by atoms with Gasteiger partial charge in [-0.25, -0.2) is 4.98 Å². The van der Waals surface area contributed by atoms with Crippen molar-refractivity contribution in [1.82, 2.24) is 14.9 Å². The fourth-order valence-electron chi connectivity index (χ4n) is 2.71. The van der Waals surface area contributed by atoms with Gasteiger partial charge in [0.1, 0.15) is 11.6 Å². The van der Waals surface area contributed by atoms with Crippen LogP contribution in [0.5, 0.6) is 0 Å². The second-order valence-corrected chi connectivity index (χ2v) is 5.01. The Bertz CT molecular complexity index is 391. The van der Waals surface area contributed by atoms with E-state index in [0.29, 0.717) is 12.2 Å². The van der Waals surface area contributed by atoms with Crippen LogP contribution in [0.15, 0.2) is 12.4 Å². The van der Waals surface area contributed by atoms with Gasteiger partial charge in [0.05, 0.1) is 6.42 Å². The lowest BCUT2D eigenvalue weighted by Crippen LogP contribution is -2.35. The molecular formula is C13H21N3O. The van der Waals surface area contributed by atoms with E-state index < -0.39 is 0 Å². The lowest BCUT2D eigenvalue weighted by Gasteiger charge is -2.26. The van der Waals surface area contributed by atoms with Gasteiger partial charge >= 0.3 is 0 Å². The van der Waals surface area contributed by atoms with Crippen molar-refractivity contribution < 1.29 is 4.79 Å². The monoisotopic (exact) mass is 235 g/mol. The van der Waals surface area contributed by atoms with Crippen LogP contribution in [0, 0.1) is 5.41 Å². The van der Waals surface area contributed by atoms with Gasteiger partial charge in [-0.2, -0.15) is 0 Å². The van der Waals surface area contributed by atoms with Gasteiger partial charge in [-0.15, -0.1) is 0 Å². The Hall–Kier alpha value is -1.16. The first-order valence-corrected chi connectivity index (χ1v) is 6.38. The predicted octanol–water partition coefficient (Wildman–Crippen LogP) is 1.31. The van der Waals surface area contributed by atoms with E-state index >= 15 is 0 Å². The van der Waals surface area contributed by atoms with Gasteiger partial charge in [-0.05, 0) is 19.4 Å². The molecular weight excluding hydrogens is 214 g/mol. The largest absolute Gasteiger partial charge is 0.338 e. The summed E-state index contributed by atoms with van der Waals surface area (Å²) in [7, 11) is 1.94. The minimum Gasteiger partial charge on any atom is -0.338 e. The van der Waals surface area contributed by atoms with Crippen molar-refractivity contribution in [2.45, 2.75) is 32.6 Å². The maximum atomic E-state index is 12.5. The molecule has 1 aliphatic heterocycles. The van der Waals surface area contributed by atoms with E-state index in [4.69, 9.17) is 0 Å². The lowest BCUT2D eigenvalue weighted by molar-refractivity contribution is -0.127. The normalized spacial score (nSPS) is 24.1. The molecule has 0 saturated carbocycles. The quantitative estimate of drug-likeness (QED) is 0.837. The summed E-state index contributed by atoms with van der Waals surface area (Å²) in [4.78, 5) is 16.7. The minimum absolute atomic E-state index is 0.138. The molecule has 1 atom stereocenters. The Labute approximate surface area is 102 Å². The van der Waals surface area contributed by atoms with Crippen LogP contribution >= 0.6 is 0 Å². The molecule has 1 aromatic rings. The highest BCUT2D eigenvalue weighted by Crippen LogP contribution is 2.33. The van der Waals surface area contributed by atoms with Gasteiger partial charge in [0.15, 0.2) is 0 Å². The molecule has 1 saturated heterocycles. The van der Waals surface area contributed by atoms with E-state index in [0.717, 1.165) is 38.2 Å². The van der Waals surface area contributed by atoms with Gasteiger partial charge in [0, 0.05) is 31.4 Å². The van der Waals surface area contributed by atoms with Gasteiger partial charge in [0.25, 0.3) is 0 Å². The average Bonchev–Trinajstić information content (AvgIpc) is 2.91. The number of ketones is 1. The zero-order valence-electron chi connectivity index (χ0n) is 10.7. The van der Waals surface area contributed by atoms with Crippen molar-refractivity contribution in [2.24, 2.45) is 12.5 Å². The standard InChI is InChI=1S/C13H21N3O/c1-3-4-13(5-6-14-10-13)11(17)9-12-15-7-8-16(12)2/h7-8,14H,3-6,9-10H2,1-2H3. The van der Waals surface area contributed by atoms with Crippen LogP contribution in [0.25, 0.3) is 0 Å². The van der Waals surface area contributed by atoms with Crippen molar-refractivity contribution in [2.75, 3.05) is 13.1 Å². The van der Waals surface area contributed by atoms with Gasteiger partial charge in [-0.3, -0.25) is 4.79 Å². The molecule has 4 nitrogen and oxygen atoms in total. The summed E-state index contributed by atoms with van der Waals surface area (Å²) in [6, 6.07) is 0. The van der Waals surface area contributed by atoms with E-state index in [-0.39, 0.29) is 5.41 Å². The SMILES string of the molecule is CCCC1(C(=O)Cc2nccn2C)CCNC1. The van der Waals surface area contributed by atoms with Crippen LogP contribution in [0.4, 0.5) is 0 Å². The summed E-state index contributed by atoms with van der Waals surface area (Å²) in [6.07, 6.45) is 7.14. The first-order valence-electron chi connectivity index (χ1n) is 6.38. The van der Waals surface area contributed by atoms with Gasteiger partial charge < -0.3 is 9.88 Å². The Morgan fingerprint density at radius 2 is 2.47 bits per heavy atom. The van der Waals surface area contributed by atoms with Crippen LogP contribution in [0.2, 0.25) is 0 Å². The fourth-order valence-corrected chi connectivity index (χ4v) is 2.71. The molecule has 0 aromatic carbocycles. The summed E-state index contributed by atoms with van der Waals surface area (Å²) < 4.78 is 1.93. The highest BCUT2D eigenvalue weighted by molar-refractivity contribution is 5.86. The van der Waals surface area contributed by atoms with Crippen molar-refractivity contribution in [3.63, 3.8) is 0 Å². The second kappa shape index (κ2) is 5.00. The van der Waals surface area contributed by atoms with Crippen molar-refractivity contribution in [3.8, 4) is 0 Å². The second-order valence-electron chi connectivity index (χ2n) is 5.01. The molecule has 0 spiro atoms. The smallest absolute Gasteiger partial charge is 0.147 e. The van der Waals surface area contributed by atoms with Crippen molar-refractivity contribution in [3.05, 3.63) is 18.2 Å². The zero-order chi connectivity index (χ0) is 12.3. The number of nitrogens with one attached hydrogen (secondary N) is 1. The number of rotatable bonds is 5. The first kappa shape index (κ1) is 12.3. The molecule has 1 aromatic heterocycles. The Balaban J connectivity index is 2.10. The third-order valence-electron chi connectivity index (χ3n) is 3.80. The summed E-state index contributed by atoms with van der Waals surface area (Å²) in [5.41, 5.74) is -0.138. The molecule has 4 heteroatoms. The molecule has 0 amide bonds. The molecule has 94 valence electrons. The topological polar surface area (TPSA) is 46.9 Å². The Morgan fingerprint density at radius 3 is 3.00 bits per heavy atom. The molecule has 2 heterocycles. The molecule has 1 unspecified atom stereocenters. The predicted molar refractivity (Wildman–Crippen MR) is 66.7 cm³/mol. The third-order valence-corrected chi connectivity index (χ3v) is 3.80. The maximum Gasteiger partial charge on any atom is 0.147 e. The molecule has 0 radical (unpaired) electrons. The maximum absolute atomic E-state index is 12.5. The summed E-state index contributed by atoms with van der Waals surface area (Å²) in [6.45, 7) is 3.95. The molecule has 2 rings (SSSR count). The van der Waals surface area contributed by atoms with E-state index in [2.05, 4.69) is 17.2 Å². The molecule has 1 N–H and O–H groups in total. The number of nitrogens with zero attached hydrogens (tertiary/aromatic N) is 2. The summed E-state index contributed by atoms with van der Waals surface area (Å²) >= 11 is 0. The highest BCUT2D eigenvalue weighted by Gasteiger charge is 2.39. The van der Waals surface area contributed by atoms with E-state index in [9.17, 15) is 4.79 Å². The van der Waals surface area contributed by atoms with Crippen LogP contribution in [0.1, 0.15) is 32.0 Å². The van der Waals surface area contributed by atoms with Crippen LogP contribution in [0.3, 0.4) is 0 Å². The van der Waals surface area contributed by atoms with Crippen LogP contribution in [-0.4, -0.2) is 28.4 Å². The number of aromatic nitrogens is 2. The third kappa shape index (κ3) is 2.41. The summed E-state index contributed by atoms with van der Waals surface area (Å²) in [5.74, 6) is 1.22. The van der Waals surface area contributed by atoms with E-state index in [1.807, 2.05) is 17.8 Å². The van der Waals surface area contributed by atoms with E-state index in [1.54, 1.807) is 6.20 Å². The van der Waals surface area contributed by atoms with Crippen molar-refractivity contribution >= 4 is 5.78 Å². The van der Waals surface area contributed by atoms with Gasteiger partial charge in [-0.1, -0.05) is 13.3 Å². The Kier molecular flexibility index (Phi) is 3.62. The lowest BCUT2D eigenvalue weighted by atomic mass is 9.77. The molecule has 0 aliphatic carbocycles. The number of carbonyl (C=O) groups is 1. The molecule has 17 heavy (non-hydrogen) atoms. The Morgan fingerprint density at radius 1 is 1.65 bits per heavy atom. The number of aryl methyl sites for hydroxylation is 1. The summed E-state index contributed by atoms with van der Waals surface area (Å²) in [5, 5.41) is 3.33. The number of hydrogen-bond acceptors (Lipinski definition) is 3. The molecule has 1 aliphatic rings. The fraction of sp³-hybridized carbons (Fsp3) is 0.692. The number of Topliss-reactive ketones (excluding diaryl/α,β-unsaturated/α-hetero) is 1. The zero-order valence-corrected chi connectivity index (χ0v) is 10.7. The van der Waals surface area contributed by atoms with E-state index in [1.165, 1.54) is 0 Å². The van der Waals surface area contributed by atoms with Crippen LogP contribution < -0.4 is 5.32 Å². The molecule has 0 bridgehead atoms. The van der Waals surface area contributed by atoms with Crippen molar-refractivity contribution in [1.29, 1.82) is 0 Å². The molecule has 1 fully saturated rings.